The average Bonchev–Trinajstić information content (AvgIpc) is 3.29. The van der Waals surface area contributed by atoms with Crippen LogP contribution in [-0.4, -0.2) is 25.2 Å². The fourth-order valence-electron chi connectivity index (χ4n) is 4.13. The topological polar surface area (TPSA) is 103 Å². The van der Waals surface area contributed by atoms with Gasteiger partial charge in [-0.1, -0.05) is 6.07 Å². The first-order valence-electron chi connectivity index (χ1n) is 11.1. The number of aldehydes is 1. The molecule has 0 aliphatic heterocycles. The summed E-state index contributed by atoms with van der Waals surface area (Å²) >= 11 is 0. The number of carbonyl (C=O) groups is 1. The van der Waals surface area contributed by atoms with Gasteiger partial charge in [0.1, 0.15) is 6.29 Å². The lowest BCUT2D eigenvalue weighted by Crippen LogP contribution is -2.40. The Balaban J connectivity index is 2.05. The summed E-state index contributed by atoms with van der Waals surface area (Å²) in [7, 11) is 1.24. The summed E-state index contributed by atoms with van der Waals surface area (Å²) in [6.45, 7) is 1.47. The molecule has 0 radical (unpaired) electrons. The van der Waals surface area contributed by atoms with E-state index in [1.54, 1.807) is 24.3 Å². The minimum Gasteiger partial charge on any atom is -0.303 e. The fourth-order valence-corrected chi connectivity index (χ4v) is 4.13. The Labute approximate surface area is 208 Å². The van der Waals surface area contributed by atoms with Gasteiger partial charge in [0.25, 0.3) is 5.56 Å². The molecule has 2 aromatic heterocycles. The summed E-state index contributed by atoms with van der Waals surface area (Å²) in [5, 5.41) is 13.5. The molecular formula is C26H20F3N5O3. The molecule has 8 nitrogen and oxygen atoms in total. The molecule has 0 saturated heterocycles. The first kappa shape index (κ1) is 25.4. The lowest BCUT2D eigenvalue weighted by Gasteiger charge is -2.18. The number of rotatable bonds is 6. The zero-order valence-electron chi connectivity index (χ0n) is 19.8. The summed E-state index contributed by atoms with van der Waals surface area (Å²) in [6.07, 6.45) is -2.04. The number of aryl methyl sites for hydroxylation is 1. The van der Waals surface area contributed by atoms with Crippen molar-refractivity contribution < 1.29 is 18.0 Å². The number of halogens is 3. The highest BCUT2D eigenvalue weighted by Gasteiger charge is 2.31. The molecule has 0 aliphatic rings. The van der Waals surface area contributed by atoms with E-state index in [9.17, 15) is 27.6 Å². The summed E-state index contributed by atoms with van der Waals surface area (Å²) in [5.41, 5.74) is -0.603. The van der Waals surface area contributed by atoms with E-state index < -0.39 is 23.0 Å². The molecule has 2 aromatic carbocycles. The quantitative estimate of drug-likeness (QED) is 0.370. The predicted octanol–water partition coefficient (Wildman–Crippen LogP) is 3.72. The first-order chi connectivity index (χ1) is 17.6. The van der Waals surface area contributed by atoms with E-state index >= 15 is 0 Å². The molecule has 11 heteroatoms. The molecule has 2 heterocycles. The summed E-state index contributed by atoms with van der Waals surface area (Å²) in [4.78, 5) is 37.7. The van der Waals surface area contributed by atoms with Crippen molar-refractivity contribution in [2.75, 3.05) is 0 Å². The van der Waals surface area contributed by atoms with Gasteiger partial charge in [-0.25, -0.2) is 9.48 Å². The summed E-state index contributed by atoms with van der Waals surface area (Å²) in [6, 6.07) is 12.7. The molecule has 0 bridgehead atoms. The number of nitriles is 1. The molecule has 0 amide bonds. The third kappa shape index (κ3) is 4.61. The van der Waals surface area contributed by atoms with Gasteiger partial charge in [0.05, 0.1) is 46.0 Å². The Morgan fingerprint density at radius 3 is 2.41 bits per heavy atom. The molecule has 0 spiro atoms. The molecular weight excluding hydrogens is 487 g/mol. The van der Waals surface area contributed by atoms with Crippen molar-refractivity contribution in [3.05, 3.63) is 98.0 Å². The van der Waals surface area contributed by atoms with Crippen LogP contribution in [-0.2, 0) is 24.4 Å². The highest BCUT2D eigenvalue weighted by atomic mass is 19.4. The number of alkyl halides is 3. The molecule has 0 aliphatic carbocycles. The Morgan fingerprint density at radius 1 is 1.08 bits per heavy atom. The Kier molecular flexibility index (Phi) is 6.68. The Bertz CT molecular complexity index is 1660. The predicted molar refractivity (Wildman–Crippen MR) is 129 cm³/mol. The van der Waals surface area contributed by atoms with E-state index in [1.807, 2.05) is 6.07 Å². The number of hydrogen-bond acceptors (Lipinski definition) is 5. The van der Waals surface area contributed by atoms with E-state index in [-0.39, 0.29) is 29.8 Å². The van der Waals surface area contributed by atoms with Crippen molar-refractivity contribution in [2.24, 2.45) is 7.05 Å². The average molecular weight is 507 g/mol. The zero-order chi connectivity index (χ0) is 26.9. The minimum atomic E-state index is -4.63. The van der Waals surface area contributed by atoms with Crippen molar-refractivity contribution in [1.29, 1.82) is 5.26 Å². The first-order valence-corrected chi connectivity index (χ1v) is 11.1. The van der Waals surface area contributed by atoms with Gasteiger partial charge in [-0.3, -0.25) is 13.9 Å². The van der Waals surface area contributed by atoms with Gasteiger partial charge in [-0.15, -0.1) is 0 Å². The van der Waals surface area contributed by atoms with Gasteiger partial charge in [0.15, 0.2) is 0 Å². The molecule has 0 atom stereocenters. The second-order valence-corrected chi connectivity index (χ2v) is 8.28. The van der Waals surface area contributed by atoms with Gasteiger partial charge in [0, 0.05) is 19.2 Å². The van der Waals surface area contributed by atoms with Crippen LogP contribution in [0.15, 0.2) is 64.3 Å². The minimum absolute atomic E-state index is 0.0438. The van der Waals surface area contributed by atoms with Crippen LogP contribution in [0, 0.1) is 18.3 Å². The van der Waals surface area contributed by atoms with Gasteiger partial charge in [0.2, 0.25) is 0 Å². The second kappa shape index (κ2) is 9.73. The monoisotopic (exact) mass is 507 g/mol. The summed E-state index contributed by atoms with van der Waals surface area (Å²) < 4.78 is 43.5. The second-order valence-electron chi connectivity index (χ2n) is 8.28. The Hall–Kier alpha value is -4.72. The van der Waals surface area contributed by atoms with E-state index in [2.05, 4.69) is 5.10 Å². The van der Waals surface area contributed by atoms with Gasteiger partial charge >= 0.3 is 11.9 Å². The highest BCUT2D eigenvalue weighted by Crippen LogP contribution is 2.32. The van der Waals surface area contributed by atoms with Crippen LogP contribution in [0.1, 0.15) is 28.8 Å². The van der Waals surface area contributed by atoms with E-state index in [1.165, 1.54) is 37.0 Å². The third-order valence-electron chi connectivity index (χ3n) is 5.98. The molecule has 188 valence electrons. The van der Waals surface area contributed by atoms with E-state index in [0.29, 0.717) is 22.5 Å². The molecule has 0 saturated carbocycles. The van der Waals surface area contributed by atoms with Crippen LogP contribution < -0.4 is 11.2 Å². The van der Waals surface area contributed by atoms with Crippen molar-refractivity contribution >= 4 is 6.29 Å². The SMILES string of the molecule is Cc1c(-c2c(CCC=O)cnn2-c2ccc(C#N)cc2)c(=O)n(C)c(=O)n1-c1cccc(C(F)(F)F)c1. The summed E-state index contributed by atoms with van der Waals surface area (Å²) in [5.74, 6) is 0. The normalized spacial score (nSPS) is 11.4. The van der Waals surface area contributed by atoms with Gasteiger partial charge in [-0.05, 0) is 61.4 Å². The molecule has 37 heavy (non-hydrogen) atoms. The number of carbonyl (C=O) groups excluding carboxylic acids is 1. The smallest absolute Gasteiger partial charge is 0.303 e. The zero-order valence-corrected chi connectivity index (χ0v) is 19.8. The van der Waals surface area contributed by atoms with Crippen LogP contribution in [0.2, 0.25) is 0 Å². The maximum Gasteiger partial charge on any atom is 0.416 e. The third-order valence-corrected chi connectivity index (χ3v) is 5.98. The van der Waals surface area contributed by atoms with Crippen molar-refractivity contribution in [3.8, 4) is 28.7 Å². The van der Waals surface area contributed by atoms with Crippen molar-refractivity contribution in [3.63, 3.8) is 0 Å². The molecule has 0 N–H and O–H groups in total. The highest BCUT2D eigenvalue weighted by molar-refractivity contribution is 5.69. The van der Waals surface area contributed by atoms with Crippen LogP contribution in [0.4, 0.5) is 13.2 Å². The maximum absolute atomic E-state index is 13.4. The van der Waals surface area contributed by atoms with E-state index in [4.69, 9.17) is 5.26 Å². The largest absolute Gasteiger partial charge is 0.416 e. The number of hydrogen-bond donors (Lipinski definition) is 0. The Morgan fingerprint density at radius 2 is 1.78 bits per heavy atom. The molecule has 4 rings (SSSR count). The molecule has 0 unspecified atom stereocenters. The number of nitrogens with zero attached hydrogens (tertiary/aromatic N) is 5. The number of aromatic nitrogens is 4. The van der Waals surface area contributed by atoms with Crippen LogP contribution in [0.5, 0.6) is 0 Å². The molecule has 0 fully saturated rings. The lowest BCUT2D eigenvalue weighted by atomic mass is 10.0. The maximum atomic E-state index is 13.4. The number of benzene rings is 2. The van der Waals surface area contributed by atoms with Crippen molar-refractivity contribution in [1.82, 2.24) is 18.9 Å². The molecule has 4 aromatic rings. The standard InChI is InChI=1S/C26H20F3N5O3/c1-16-22(23-18(5-4-12-35)15-31-34(23)20-10-8-17(14-30)9-11-20)24(36)32(2)25(37)33(16)21-7-3-6-19(13-21)26(27,28)29/h3,6-13,15H,4-5H2,1-2H3. The van der Waals surface area contributed by atoms with Crippen LogP contribution in [0.25, 0.3) is 22.6 Å². The fraction of sp³-hybridized carbons (Fsp3) is 0.192. The van der Waals surface area contributed by atoms with E-state index in [0.717, 1.165) is 27.6 Å². The van der Waals surface area contributed by atoms with Crippen molar-refractivity contribution in [2.45, 2.75) is 25.9 Å². The van der Waals surface area contributed by atoms with Gasteiger partial charge < -0.3 is 4.79 Å². The lowest BCUT2D eigenvalue weighted by molar-refractivity contribution is -0.137. The van der Waals surface area contributed by atoms with Gasteiger partial charge in [-0.2, -0.15) is 23.5 Å². The van der Waals surface area contributed by atoms with Crippen LogP contribution in [0.3, 0.4) is 0 Å². The van der Waals surface area contributed by atoms with Crippen LogP contribution >= 0.6 is 0 Å².